The van der Waals surface area contributed by atoms with Gasteiger partial charge in [0.25, 0.3) is 0 Å². The van der Waals surface area contributed by atoms with Gasteiger partial charge < -0.3 is 10.0 Å². The Bertz CT molecular complexity index is 417. The molecule has 0 heterocycles. The van der Waals surface area contributed by atoms with Crippen LogP contribution in [0.1, 0.15) is 57.8 Å². The Labute approximate surface area is 119 Å². The Balaban J connectivity index is 1.99. The SMILES string of the molecule is N#CCCN(C(=O)CC1(CC(=O)O)CCCC1)C1CC1. The van der Waals surface area contributed by atoms with E-state index in [0.717, 1.165) is 38.5 Å². The molecule has 0 bridgehead atoms. The highest BCUT2D eigenvalue weighted by Gasteiger charge is 2.41. The number of carboxylic acid groups (broad SMARTS) is 1. The maximum Gasteiger partial charge on any atom is 0.303 e. The molecule has 2 saturated carbocycles. The first-order chi connectivity index (χ1) is 9.56. The summed E-state index contributed by atoms with van der Waals surface area (Å²) in [7, 11) is 0. The molecule has 0 atom stereocenters. The molecule has 5 heteroatoms. The maximum atomic E-state index is 12.5. The molecule has 0 spiro atoms. The van der Waals surface area contributed by atoms with Gasteiger partial charge in [-0.05, 0) is 31.1 Å². The molecule has 0 radical (unpaired) electrons. The molecular formula is C15H22N2O3. The van der Waals surface area contributed by atoms with Crippen LogP contribution in [0.25, 0.3) is 0 Å². The molecule has 0 unspecified atom stereocenters. The second kappa shape index (κ2) is 6.25. The lowest BCUT2D eigenvalue weighted by Crippen LogP contribution is -2.38. The molecule has 1 amide bonds. The van der Waals surface area contributed by atoms with Gasteiger partial charge >= 0.3 is 5.97 Å². The lowest BCUT2D eigenvalue weighted by molar-refractivity contribution is -0.141. The molecule has 2 fully saturated rings. The predicted molar refractivity (Wildman–Crippen MR) is 72.7 cm³/mol. The minimum atomic E-state index is -0.810. The molecule has 5 nitrogen and oxygen atoms in total. The van der Waals surface area contributed by atoms with Gasteiger partial charge in [0.1, 0.15) is 0 Å². The highest BCUT2D eigenvalue weighted by molar-refractivity contribution is 5.79. The van der Waals surface area contributed by atoms with Gasteiger partial charge in [0, 0.05) is 19.0 Å². The lowest BCUT2D eigenvalue weighted by Gasteiger charge is -2.30. The Hall–Kier alpha value is -1.57. The maximum absolute atomic E-state index is 12.5. The molecule has 1 N–H and O–H groups in total. The molecule has 20 heavy (non-hydrogen) atoms. The van der Waals surface area contributed by atoms with Crippen molar-refractivity contribution in [2.24, 2.45) is 5.41 Å². The van der Waals surface area contributed by atoms with E-state index >= 15 is 0 Å². The molecule has 0 aromatic heterocycles. The fraction of sp³-hybridized carbons (Fsp3) is 0.800. The van der Waals surface area contributed by atoms with Crippen molar-refractivity contribution < 1.29 is 14.7 Å². The number of nitriles is 1. The zero-order chi connectivity index (χ0) is 14.6. The number of hydrogen-bond donors (Lipinski definition) is 1. The van der Waals surface area contributed by atoms with E-state index in [1.165, 1.54) is 0 Å². The van der Waals surface area contributed by atoms with Crippen molar-refractivity contribution in [2.45, 2.75) is 63.8 Å². The van der Waals surface area contributed by atoms with Crippen molar-refractivity contribution >= 4 is 11.9 Å². The van der Waals surface area contributed by atoms with Crippen LogP contribution in [0.15, 0.2) is 0 Å². The average molecular weight is 278 g/mol. The van der Waals surface area contributed by atoms with Gasteiger partial charge in [-0.2, -0.15) is 5.26 Å². The minimum absolute atomic E-state index is 0.0471. The van der Waals surface area contributed by atoms with Crippen molar-refractivity contribution in [3.63, 3.8) is 0 Å². The lowest BCUT2D eigenvalue weighted by atomic mass is 9.79. The number of carbonyl (C=O) groups excluding carboxylic acids is 1. The standard InChI is InChI=1S/C15H22N2O3/c16-8-3-9-17(12-4-5-12)13(18)10-15(11-14(19)20)6-1-2-7-15/h12H,1-7,9-11H2,(H,19,20). The zero-order valence-electron chi connectivity index (χ0n) is 11.8. The number of aliphatic carboxylic acids is 1. The minimum Gasteiger partial charge on any atom is -0.481 e. The number of rotatable bonds is 7. The first-order valence-corrected chi connectivity index (χ1v) is 7.44. The summed E-state index contributed by atoms with van der Waals surface area (Å²) < 4.78 is 0. The highest BCUT2D eigenvalue weighted by atomic mass is 16.4. The summed E-state index contributed by atoms with van der Waals surface area (Å²) in [6, 6.07) is 2.37. The van der Waals surface area contributed by atoms with Gasteiger partial charge in [-0.15, -0.1) is 0 Å². The van der Waals surface area contributed by atoms with Gasteiger partial charge in [-0.25, -0.2) is 0 Å². The number of carbonyl (C=O) groups is 2. The molecule has 110 valence electrons. The van der Waals surface area contributed by atoms with Crippen molar-refractivity contribution in [3.05, 3.63) is 0 Å². The van der Waals surface area contributed by atoms with Crippen molar-refractivity contribution in [1.29, 1.82) is 5.26 Å². The Morgan fingerprint density at radius 3 is 2.40 bits per heavy atom. The molecule has 0 saturated heterocycles. The number of hydrogen-bond acceptors (Lipinski definition) is 3. The van der Waals surface area contributed by atoms with E-state index in [-0.39, 0.29) is 17.7 Å². The quantitative estimate of drug-likeness (QED) is 0.774. The van der Waals surface area contributed by atoms with Crippen molar-refractivity contribution in [1.82, 2.24) is 4.90 Å². The van der Waals surface area contributed by atoms with Crippen LogP contribution < -0.4 is 0 Å². The van der Waals surface area contributed by atoms with Crippen LogP contribution in [0.4, 0.5) is 0 Å². The molecule has 2 aliphatic carbocycles. The van der Waals surface area contributed by atoms with E-state index in [0.29, 0.717) is 25.4 Å². The topological polar surface area (TPSA) is 81.4 Å². The predicted octanol–water partition coefficient (Wildman–Crippen LogP) is 2.32. The van der Waals surface area contributed by atoms with E-state index in [1.807, 2.05) is 4.90 Å². The van der Waals surface area contributed by atoms with Gasteiger partial charge in [-0.1, -0.05) is 12.8 Å². The van der Waals surface area contributed by atoms with Crippen LogP contribution >= 0.6 is 0 Å². The normalized spacial score (nSPS) is 20.4. The van der Waals surface area contributed by atoms with Crippen LogP contribution in [0, 0.1) is 16.7 Å². The van der Waals surface area contributed by atoms with Gasteiger partial charge in [-0.3, -0.25) is 9.59 Å². The summed E-state index contributed by atoms with van der Waals surface area (Å²) in [6.07, 6.45) is 6.52. The van der Waals surface area contributed by atoms with Crippen LogP contribution in [0.5, 0.6) is 0 Å². The number of nitrogens with zero attached hydrogens (tertiary/aromatic N) is 2. The van der Waals surface area contributed by atoms with Crippen molar-refractivity contribution in [2.75, 3.05) is 6.54 Å². The monoisotopic (exact) mass is 278 g/mol. The van der Waals surface area contributed by atoms with E-state index in [9.17, 15) is 9.59 Å². The van der Waals surface area contributed by atoms with E-state index in [1.54, 1.807) is 0 Å². The summed E-state index contributed by atoms with van der Waals surface area (Å²) >= 11 is 0. The summed E-state index contributed by atoms with van der Waals surface area (Å²) in [6.45, 7) is 0.489. The fourth-order valence-corrected chi connectivity index (χ4v) is 3.35. The van der Waals surface area contributed by atoms with Crippen LogP contribution in [0.2, 0.25) is 0 Å². The largest absolute Gasteiger partial charge is 0.481 e. The van der Waals surface area contributed by atoms with Crippen molar-refractivity contribution in [3.8, 4) is 6.07 Å². The van der Waals surface area contributed by atoms with Crippen LogP contribution in [-0.2, 0) is 9.59 Å². The summed E-state index contributed by atoms with van der Waals surface area (Å²) in [5.41, 5.74) is -0.345. The Morgan fingerprint density at radius 1 is 1.25 bits per heavy atom. The first-order valence-electron chi connectivity index (χ1n) is 7.44. The second-order valence-electron chi connectivity index (χ2n) is 6.18. The summed E-state index contributed by atoms with van der Waals surface area (Å²) in [4.78, 5) is 25.4. The summed E-state index contributed by atoms with van der Waals surface area (Å²) in [5.74, 6) is -0.763. The second-order valence-corrected chi connectivity index (χ2v) is 6.18. The molecule has 0 aromatic rings. The smallest absolute Gasteiger partial charge is 0.303 e. The Morgan fingerprint density at radius 2 is 1.90 bits per heavy atom. The molecule has 0 aliphatic heterocycles. The highest BCUT2D eigenvalue weighted by Crippen LogP contribution is 2.45. The van der Waals surface area contributed by atoms with Crippen LogP contribution in [-0.4, -0.2) is 34.5 Å². The molecular weight excluding hydrogens is 256 g/mol. The molecule has 0 aromatic carbocycles. The fourth-order valence-electron chi connectivity index (χ4n) is 3.35. The molecule has 2 aliphatic rings. The Kier molecular flexibility index (Phi) is 4.64. The van der Waals surface area contributed by atoms with Gasteiger partial charge in [0.2, 0.25) is 5.91 Å². The average Bonchev–Trinajstić information content (AvgIpc) is 3.11. The third-order valence-electron chi connectivity index (χ3n) is 4.49. The number of carboxylic acids is 1. The number of amides is 1. The summed E-state index contributed by atoms with van der Waals surface area (Å²) in [5, 5.41) is 17.8. The van der Waals surface area contributed by atoms with Crippen LogP contribution in [0.3, 0.4) is 0 Å². The third-order valence-corrected chi connectivity index (χ3v) is 4.49. The van der Waals surface area contributed by atoms with E-state index in [2.05, 4.69) is 6.07 Å². The molecule has 2 rings (SSSR count). The van der Waals surface area contributed by atoms with Gasteiger partial charge in [0.15, 0.2) is 0 Å². The first kappa shape index (κ1) is 14.8. The zero-order valence-corrected chi connectivity index (χ0v) is 11.8. The van der Waals surface area contributed by atoms with E-state index < -0.39 is 5.97 Å². The van der Waals surface area contributed by atoms with Gasteiger partial charge in [0.05, 0.1) is 18.9 Å². The third kappa shape index (κ3) is 3.72. The van der Waals surface area contributed by atoms with E-state index in [4.69, 9.17) is 10.4 Å².